The Kier molecular flexibility index (Phi) is 3.54. The van der Waals surface area contributed by atoms with Crippen molar-refractivity contribution in [1.82, 2.24) is 4.98 Å². The van der Waals surface area contributed by atoms with Crippen molar-refractivity contribution in [3.63, 3.8) is 0 Å². The Hall–Kier alpha value is -1.38. The second-order valence-corrected chi connectivity index (χ2v) is 3.97. The van der Waals surface area contributed by atoms with E-state index in [9.17, 15) is 0 Å². The molecule has 1 atom stereocenters. The number of nitrogens with zero attached hydrogens (tertiary/aromatic N) is 1. The number of halogens is 1. The van der Waals surface area contributed by atoms with Gasteiger partial charge in [-0.25, -0.2) is 0 Å². The summed E-state index contributed by atoms with van der Waals surface area (Å²) in [5.74, 6) is 0.0647. The topological polar surface area (TPSA) is 38.9 Å². The predicted octanol–water partition coefficient (Wildman–Crippen LogP) is 2.83. The predicted molar refractivity (Wildman–Crippen MR) is 66.6 cm³/mol. The van der Waals surface area contributed by atoms with Gasteiger partial charge in [-0.05, 0) is 23.8 Å². The van der Waals surface area contributed by atoms with Crippen LogP contribution in [0, 0.1) is 0 Å². The maximum absolute atomic E-state index is 6.16. The number of hydrogen-bond acceptors (Lipinski definition) is 2. The lowest BCUT2D eigenvalue weighted by molar-refractivity contribution is 0.787. The van der Waals surface area contributed by atoms with Crippen molar-refractivity contribution in [2.75, 3.05) is 6.54 Å². The zero-order valence-electron chi connectivity index (χ0n) is 8.81. The van der Waals surface area contributed by atoms with E-state index >= 15 is 0 Å². The first-order chi connectivity index (χ1) is 7.83. The lowest BCUT2D eigenvalue weighted by Crippen LogP contribution is -2.15. The number of benzene rings is 1. The highest BCUT2D eigenvalue weighted by molar-refractivity contribution is 6.31. The van der Waals surface area contributed by atoms with Gasteiger partial charge < -0.3 is 5.73 Å². The third-order valence-corrected chi connectivity index (χ3v) is 2.91. The molecule has 1 aromatic heterocycles. The molecule has 1 unspecified atom stereocenters. The number of pyridine rings is 1. The molecule has 2 nitrogen and oxygen atoms in total. The summed E-state index contributed by atoms with van der Waals surface area (Å²) < 4.78 is 0. The molecule has 0 saturated heterocycles. The Labute approximate surface area is 100 Å². The second-order valence-electron chi connectivity index (χ2n) is 3.56. The van der Waals surface area contributed by atoms with Crippen molar-refractivity contribution in [1.29, 1.82) is 0 Å². The van der Waals surface area contributed by atoms with E-state index in [1.165, 1.54) is 0 Å². The van der Waals surface area contributed by atoms with Gasteiger partial charge in [-0.1, -0.05) is 35.9 Å². The van der Waals surface area contributed by atoms with E-state index < -0.39 is 0 Å². The fraction of sp³-hybridized carbons (Fsp3) is 0.154. The molecular weight excluding hydrogens is 220 g/mol. The Balaban J connectivity index is 2.41. The number of aromatic nitrogens is 1. The van der Waals surface area contributed by atoms with Crippen LogP contribution in [0.4, 0.5) is 0 Å². The molecule has 2 rings (SSSR count). The van der Waals surface area contributed by atoms with Crippen LogP contribution in [0.1, 0.15) is 17.2 Å². The van der Waals surface area contributed by atoms with E-state index in [4.69, 9.17) is 17.3 Å². The van der Waals surface area contributed by atoms with Gasteiger partial charge in [0.2, 0.25) is 0 Å². The Morgan fingerprint density at radius 2 is 1.88 bits per heavy atom. The molecular formula is C13H13ClN2. The van der Waals surface area contributed by atoms with Gasteiger partial charge in [0.15, 0.2) is 0 Å². The Bertz CT molecular complexity index is 456. The van der Waals surface area contributed by atoms with Gasteiger partial charge in [0.25, 0.3) is 0 Å². The van der Waals surface area contributed by atoms with Crippen LogP contribution < -0.4 is 5.73 Å². The monoisotopic (exact) mass is 232 g/mol. The average molecular weight is 233 g/mol. The van der Waals surface area contributed by atoms with E-state index in [1.54, 1.807) is 6.20 Å². The van der Waals surface area contributed by atoms with E-state index in [0.717, 1.165) is 16.3 Å². The fourth-order valence-electron chi connectivity index (χ4n) is 1.75. The van der Waals surface area contributed by atoms with Crippen LogP contribution in [0.25, 0.3) is 0 Å². The van der Waals surface area contributed by atoms with Gasteiger partial charge in [0, 0.05) is 29.4 Å². The van der Waals surface area contributed by atoms with E-state index in [-0.39, 0.29) is 5.92 Å². The summed E-state index contributed by atoms with van der Waals surface area (Å²) in [4.78, 5) is 4.33. The van der Waals surface area contributed by atoms with Crippen molar-refractivity contribution in [2.24, 2.45) is 5.73 Å². The summed E-state index contributed by atoms with van der Waals surface area (Å²) in [5, 5.41) is 0.739. The maximum Gasteiger partial charge on any atom is 0.0491 e. The van der Waals surface area contributed by atoms with Crippen molar-refractivity contribution in [3.8, 4) is 0 Å². The summed E-state index contributed by atoms with van der Waals surface area (Å²) >= 11 is 6.16. The molecule has 0 aliphatic heterocycles. The van der Waals surface area contributed by atoms with Crippen LogP contribution in [0.5, 0.6) is 0 Å². The summed E-state index contributed by atoms with van der Waals surface area (Å²) in [6.45, 7) is 0.501. The molecule has 1 aromatic carbocycles. The van der Waals surface area contributed by atoms with Crippen molar-refractivity contribution in [3.05, 3.63) is 64.9 Å². The van der Waals surface area contributed by atoms with E-state index in [2.05, 4.69) is 4.98 Å². The first-order valence-corrected chi connectivity index (χ1v) is 5.56. The van der Waals surface area contributed by atoms with Crippen LogP contribution >= 0.6 is 11.6 Å². The average Bonchev–Trinajstić information content (AvgIpc) is 2.34. The molecule has 0 saturated carbocycles. The molecule has 0 amide bonds. The minimum Gasteiger partial charge on any atom is -0.329 e. The number of hydrogen-bond donors (Lipinski definition) is 1. The van der Waals surface area contributed by atoms with Crippen LogP contribution in [0.15, 0.2) is 48.7 Å². The highest BCUT2D eigenvalue weighted by Gasteiger charge is 2.15. The lowest BCUT2D eigenvalue weighted by atomic mass is 9.95. The van der Waals surface area contributed by atoms with E-state index in [0.29, 0.717) is 6.54 Å². The largest absolute Gasteiger partial charge is 0.329 e. The first kappa shape index (κ1) is 11.1. The van der Waals surface area contributed by atoms with Crippen LogP contribution in [0.3, 0.4) is 0 Å². The normalized spacial score (nSPS) is 12.4. The minimum atomic E-state index is 0.0647. The van der Waals surface area contributed by atoms with Crippen LogP contribution in [-0.4, -0.2) is 11.5 Å². The van der Waals surface area contributed by atoms with Crippen molar-refractivity contribution in [2.45, 2.75) is 5.92 Å². The molecule has 3 heteroatoms. The minimum absolute atomic E-state index is 0.0647. The van der Waals surface area contributed by atoms with Crippen molar-refractivity contribution >= 4 is 11.6 Å². The first-order valence-electron chi connectivity index (χ1n) is 5.18. The van der Waals surface area contributed by atoms with Gasteiger partial charge in [-0.15, -0.1) is 0 Å². The van der Waals surface area contributed by atoms with Gasteiger partial charge >= 0.3 is 0 Å². The smallest absolute Gasteiger partial charge is 0.0491 e. The van der Waals surface area contributed by atoms with Crippen LogP contribution in [0.2, 0.25) is 5.02 Å². The Morgan fingerprint density at radius 3 is 2.50 bits per heavy atom. The van der Waals surface area contributed by atoms with Gasteiger partial charge in [-0.3, -0.25) is 4.98 Å². The lowest BCUT2D eigenvalue weighted by Gasteiger charge is -2.15. The van der Waals surface area contributed by atoms with Gasteiger partial charge in [0.05, 0.1) is 0 Å². The highest BCUT2D eigenvalue weighted by atomic mass is 35.5. The van der Waals surface area contributed by atoms with Crippen molar-refractivity contribution < 1.29 is 0 Å². The summed E-state index contributed by atoms with van der Waals surface area (Å²) in [7, 11) is 0. The molecule has 0 bridgehead atoms. The molecule has 0 fully saturated rings. The van der Waals surface area contributed by atoms with E-state index in [1.807, 2.05) is 42.5 Å². The molecule has 2 aromatic rings. The van der Waals surface area contributed by atoms with Gasteiger partial charge in [-0.2, -0.15) is 0 Å². The zero-order valence-corrected chi connectivity index (χ0v) is 9.56. The molecule has 2 N–H and O–H groups in total. The molecule has 0 radical (unpaired) electrons. The van der Waals surface area contributed by atoms with Crippen LogP contribution in [-0.2, 0) is 0 Å². The molecule has 0 aliphatic carbocycles. The standard InChI is InChI=1S/C13H13ClN2/c14-12-6-2-1-5-10(12)11(9-15)13-7-3-4-8-16-13/h1-8,11H,9,15H2. The highest BCUT2D eigenvalue weighted by Crippen LogP contribution is 2.27. The third kappa shape index (κ3) is 2.23. The Morgan fingerprint density at radius 1 is 1.12 bits per heavy atom. The molecule has 0 spiro atoms. The molecule has 82 valence electrons. The molecule has 16 heavy (non-hydrogen) atoms. The third-order valence-electron chi connectivity index (χ3n) is 2.56. The number of nitrogens with two attached hydrogens (primary N) is 1. The quantitative estimate of drug-likeness (QED) is 0.884. The SMILES string of the molecule is NCC(c1ccccn1)c1ccccc1Cl. The summed E-state index contributed by atoms with van der Waals surface area (Å²) in [6.07, 6.45) is 1.77. The fourth-order valence-corrected chi connectivity index (χ4v) is 2.01. The second kappa shape index (κ2) is 5.10. The summed E-state index contributed by atoms with van der Waals surface area (Å²) in [5.41, 5.74) is 7.80. The zero-order chi connectivity index (χ0) is 11.4. The number of rotatable bonds is 3. The molecule has 1 heterocycles. The molecule has 0 aliphatic rings. The van der Waals surface area contributed by atoms with Gasteiger partial charge in [0.1, 0.15) is 0 Å². The summed E-state index contributed by atoms with van der Waals surface area (Å²) in [6, 6.07) is 13.6. The maximum atomic E-state index is 6.16.